The molecule has 1 N–H and O–H groups in total. The van der Waals surface area contributed by atoms with Crippen molar-refractivity contribution < 1.29 is 9.53 Å². The van der Waals surface area contributed by atoms with Gasteiger partial charge < -0.3 is 10.1 Å². The van der Waals surface area contributed by atoms with Crippen LogP contribution in [0, 0.1) is 5.92 Å². The summed E-state index contributed by atoms with van der Waals surface area (Å²) >= 11 is 0. The van der Waals surface area contributed by atoms with E-state index >= 15 is 0 Å². The normalized spacial score (nSPS) is 22.5. The summed E-state index contributed by atoms with van der Waals surface area (Å²) in [5.41, 5.74) is 1.79. The van der Waals surface area contributed by atoms with E-state index in [0.29, 0.717) is 6.61 Å². The minimum atomic E-state index is -0.233. The van der Waals surface area contributed by atoms with Gasteiger partial charge in [-0.3, -0.25) is 14.5 Å². The molecule has 0 bridgehead atoms. The van der Waals surface area contributed by atoms with E-state index in [0.717, 1.165) is 17.8 Å². The van der Waals surface area contributed by atoms with Crippen LogP contribution in [0.5, 0.6) is 0 Å². The quantitative estimate of drug-likeness (QED) is 0.934. The van der Waals surface area contributed by atoms with Crippen LogP contribution in [0.3, 0.4) is 0 Å². The SMILES string of the molecule is CC(NC(=O)[C@@H]1CCO[C@H]1c1ccnn1C)c1ccccn1. The first kappa shape index (κ1) is 14.7. The van der Waals surface area contributed by atoms with Gasteiger partial charge in [0.25, 0.3) is 0 Å². The highest BCUT2D eigenvalue weighted by Gasteiger charge is 2.37. The van der Waals surface area contributed by atoms with Crippen molar-refractivity contribution in [2.45, 2.75) is 25.5 Å². The Morgan fingerprint density at radius 2 is 2.27 bits per heavy atom. The molecule has 2 aromatic heterocycles. The molecule has 1 saturated heterocycles. The fourth-order valence-electron chi connectivity index (χ4n) is 2.84. The third-order valence-corrected chi connectivity index (χ3v) is 4.07. The largest absolute Gasteiger partial charge is 0.371 e. The monoisotopic (exact) mass is 300 g/mol. The van der Waals surface area contributed by atoms with Crippen molar-refractivity contribution in [1.82, 2.24) is 20.1 Å². The lowest BCUT2D eigenvalue weighted by molar-refractivity contribution is -0.127. The average Bonchev–Trinajstić information content (AvgIpc) is 3.16. The number of aromatic nitrogens is 3. The maximum absolute atomic E-state index is 12.6. The second-order valence-electron chi connectivity index (χ2n) is 5.55. The predicted molar refractivity (Wildman–Crippen MR) is 80.8 cm³/mol. The molecular weight excluding hydrogens is 280 g/mol. The topological polar surface area (TPSA) is 69.0 Å². The van der Waals surface area contributed by atoms with E-state index in [-0.39, 0.29) is 24.0 Å². The van der Waals surface area contributed by atoms with Gasteiger partial charge in [0.15, 0.2) is 0 Å². The van der Waals surface area contributed by atoms with Crippen LogP contribution in [-0.2, 0) is 16.6 Å². The zero-order valence-electron chi connectivity index (χ0n) is 12.8. The summed E-state index contributed by atoms with van der Waals surface area (Å²) in [5, 5.41) is 7.20. The predicted octanol–water partition coefficient (Wildman–Crippen LogP) is 1.77. The first-order valence-electron chi connectivity index (χ1n) is 7.47. The van der Waals surface area contributed by atoms with Gasteiger partial charge in [-0.1, -0.05) is 6.07 Å². The summed E-state index contributed by atoms with van der Waals surface area (Å²) in [6.45, 7) is 2.53. The molecule has 2 aromatic rings. The van der Waals surface area contributed by atoms with Crippen molar-refractivity contribution in [3.8, 4) is 0 Å². The zero-order chi connectivity index (χ0) is 15.5. The molecule has 116 valence electrons. The molecule has 6 heteroatoms. The second-order valence-corrected chi connectivity index (χ2v) is 5.55. The second kappa shape index (κ2) is 6.27. The smallest absolute Gasteiger partial charge is 0.226 e. The molecule has 0 radical (unpaired) electrons. The van der Waals surface area contributed by atoms with Crippen molar-refractivity contribution in [3.63, 3.8) is 0 Å². The zero-order valence-corrected chi connectivity index (χ0v) is 12.8. The molecule has 0 spiro atoms. The first-order valence-corrected chi connectivity index (χ1v) is 7.47. The molecule has 22 heavy (non-hydrogen) atoms. The van der Waals surface area contributed by atoms with Crippen molar-refractivity contribution in [3.05, 3.63) is 48.0 Å². The fourth-order valence-corrected chi connectivity index (χ4v) is 2.84. The minimum Gasteiger partial charge on any atom is -0.371 e. The Labute approximate surface area is 129 Å². The lowest BCUT2D eigenvalue weighted by Gasteiger charge is -2.21. The number of nitrogens with zero attached hydrogens (tertiary/aromatic N) is 3. The number of pyridine rings is 1. The summed E-state index contributed by atoms with van der Waals surface area (Å²) in [7, 11) is 1.86. The number of rotatable bonds is 4. The van der Waals surface area contributed by atoms with E-state index < -0.39 is 0 Å². The van der Waals surface area contributed by atoms with E-state index in [1.165, 1.54) is 0 Å². The molecule has 1 fully saturated rings. The number of hydrogen-bond acceptors (Lipinski definition) is 4. The highest BCUT2D eigenvalue weighted by molar-refractivity contribution is 5.80. The number of hydrogen-bond donors (Lipinski definition) is 1. The van der Waals surface area contributed by atoms with Gasteiger partial charge in [-0.05, 0) is 31.5 Å². The molecule has 0 aromatic carbocycles. The van der Waals surface area contributed by atoms with Gasteiger partial charge in [0.2, 0.25) is 5.91 Å². The molecule has 1 amide bonds. The lowest BCUT2D eigenvalue weighted by Crippen LogP contribution is -2.34. The van der Waals surface area contributed by atoms with Gasteiger partial charge in [0, 0.05) is 26.0 Å². The standard InChI is InChI=1S/C16H20N4O2/c1-11(13-5-3-4-8-17-13)19-16(21)12-7-10-22-15(12)14-6-9-18-20(14)2/h3-6,8-9,11-12,15H,7,10H2,1-2H3,(H,19,21)/t11?,12-,15-/m1/s1. The maximum Gasteiger partial charge on any atom is 0.226 e. The molecule has 3 rings (SSSR count). The Bertz CT molecular complexity index is 641. The Hall–Kier alpha value is -2.21. The Morgan fingerprint density at radius 1 is 1.41 bits per heavy atom. The summed E-state index contributed by atoms with van der Waals surface area (Å²) in [6, 6.07) is 7.47. The van der Waals surface area contributed by atoms with E-state index in [1.54, 1.807) is 17.1 Å². The van der Waals surface area contributed by atoms with Crippen LogP contribution in [0.4, 0.5) is 0 Å². The van der Waals surface area contributed by atoms with Gasteiger partial charge in [-0.2, -0.15) is 5.10 Å². The first-order chi connectivity index (χ1) is 10.7. The van der Waals surface area contributed by atoms with Crippen molar-refractivity contribution >= 4 is 5.91 Å². The van der Waals surface area contributed by atoms with Gasteiger partial charge >= 0.3 is 0 Å². The summed E-state index contributed by atoms with van der Waals surface area (Å²) in [4.78, 5) is 16.9. The number of carbonyl (C=O) groups excluding carboxylic acids is 1. The van der Waals surface area contributed by atoms with Gasteiger partial charge in [0.1, 0.15) is 6.10 Å². The van der Waals surface area contributed by atoms with Crippen LogP contribution in [-0.4, -0.2) is 27.3 Å². The van der Waals surface area contributed by atoms with E-state index in [4.69, 9.17) is 4.74 Å². The van der Waals surface area contributed by atoms with Gasteiger partial charge in [-0.15, -0.1) is 0 Å². The minimum absolute atomic E-state index is 0.00172. The van der Waals surface area contributed by atoms with Crippen LogP contribution < -0.4 is 5.32 Å². The number of ether oxygens (including phenoxy) is 1. The van der Waals surface area contributed by atoms with Crippen molar-refractivity contribution in [2.24, 2.45) is 13.0 Å². The molecule has 1 aliphatic heterocycles. The number of carbonyl (C=O) groups is 1. The Kier molecular flexibility index (Phi) is 4.20. The number of aryl methyl sites for hydroxylation is 1. The Balaban J connectivity index is 1.70. The molecule has 0 aliphatic carbocycles. The maximum atomic E-state index is 12.6. The third-order valence-electron chi connectivity index (χ3n) is 4.07. The van der Waals surface area contributed by atoms with E-state index in [1.807, 2.05) is 38.2 Å². The summed E-state index contributed by atoms with van der Waals surface area (Å²) < 4.78 is 7.52. The van der Waals surface area contributed by atoms with E-state index in [9.17, 15) is 4.79 Å². The molecule has 3 heterocycles. The molecule has 1 aliphatic rings. The number of nitrogens with one attached hydrogen (secondary N) is 1. The van der Waals surface area contributed by atoms with Crippen LogP contribution in [0.2, 0.25) is 0 Å². The summed E-state index contributed by atoms with van der Waals surface area (Å²) in [6.07, 6.45) is 3.94. The van der Waals surface area contributed by atoms with Crippen LogP contribution in [0.1, 0.15) is 36.9 Å². The number of amides is 1. The average molecular weight is 300 g/mol. The van der Waals surface area contributed by atoms with E-state index in [2.05, 4.69) is 15.4 Å². The van der Waals surface area contributed by atoms with Gasteiger partial charge in [0.05, 0.1) is 23.3 Å². The molecule has 0 saturated carbocycles. The molecular formula is C16H20N4O2. The third kappa shape index (κ3) is 2.87. The van der Waals surface area contributed by atoms with Crippen LogP contribution in [0.15, 0.2) is 36.7 Å². The van der Waals surface area contributed by atoms with Crippen LogP contribution >= 0.6 is 0 Å². The summed E-state index contributed by atoms with van der Waals surface area (Å²) in [5.74, 6) is -0.191. The fraction of sp³-hybridized carbons (Fsp3) is 0.438. The highest BCUT2D eigenvalue weighted by Crippen LogP contribution is 2.34. The van der Waals surface area contributed by atoms with Gasteiger partial charge in [-0.25, -0.2) is 0 Å². The molecule has 3 atom stereocenters. The highest BCUT2D eigenvalue weighted by atomic mass is 16.5. The molecule has 6 nitrogen and oxygen atoms in total. The van der Waals surface area contributed by atoms with Crippen molar-refractivity contribution in [1.29, 1.82) is 0 Å². The Morgan fingerprint density at radius 3 is 2.95 bits per heavy atom. The van der Waals surface area contributed by atoms with Crippen molar-refractivity contribution in [2.75, 3.05) is 6.61 Å². The molecule has 1 unspecified atom stereocenters. The van der Waals surface area contributed by atoms with Crippen LogP contribution in [0.25, 0.3) is 0 Å². The lowest BCUT2D eigenvalue weighted by atomic mass is 9.97.